The van der Waals surface area contributed by atoms with Crippen LogP contribution in [0.5, 0.6) is 0 Å². The van der Waals surface area contributed by atoms with E-state index in [1.165, 1.54) is 0 Å². The van der Waals surface area contributed by atoms with Gasteiger partial charge in [-0.1, -0.05) is 0 Å². The van der Waals surface area contributed by atoms with Crippen LogP contribution in [-0.4, -0.2) is 60.7 Å². The van der Waals surface area contributed by atoms with Gasteiger partial charge in [0.1, 0.15) is 17.8 Å². The number of hydrogen-bond donors (Lipinski definition) is 1. The van der Waals surface area contributed by atoms with Gasteiger partial charge in [-0.15, -0.1) is 0 Å². The summed E-state index contributed by atoms with van der Waals surface area (Å²) in [5.41, 5.74) is 2.03. The van der Waals surface area contributed by atoms with Gasteiger partial charge in [-0.3, -0.25) is 4.99 Å². The zero-order valence-corrected chi connectivity index (χ0v) is 15.2. The molecule has 3 rings (SSSR count). The molecule has 0 amide bonds. The van der Waals surface area contributed by atoms with Crippen molar-refractivity contribution in [1.29, 1.82) is 0 Å². The molecule has 26 heavy (non-hydrogen) atoms. The van der Waals surface area contributed by atoms with E-state index in [1.54, 1.807) is 38.8 Å². The van der Waals surface area contributed by atoms with E-state index in [1.807, 2.05) is 17.9 Å². The van der Waals surface area contributed by atoms with Crippen molar-refractivity contribution in [3.05, 3.63) is 35.7 Å². The number of aromatic nitrogens is 3. The predicted molar refractivity (Wildman–Crippen MR) is 100 cm³/mol. The highest BCUT2D eigenvalue weighted by Crippen LogP contribution is 2.22. The van der Waals surface area contributed by atoms with E-state index in [-0.39, 0.29) is 12.6 Å². The van der Waals surface area contributed by atoms with Gasteiger partial charge in [-0.25, -0.2) is 14.4 Å². The van der Waals surface area contributed by atoms with Crippen LogP contribution >= 0.6 is 0 Å². The molecule has 3 heterocycles. The summed E-state index contributed by atoms with van der Waals surface area (Å²) in [4.78, 5) is 19.0. The molecule has 138 valence electrons. The number of alkyl halides is 1. The first-order valence-electron chi connectivity index (χ1n) is 8.51. The second-order valence-electron chi connectivity index (χ2n) is 6.21. The zero-order valence-electron chi connectivity index (χ0n) is 15.2. The molecule has 2 aromatic heterocycles. The van der Waals surface area contributed by atoms with Crippen LogP contribution in [0.3, 0.4) is 0 Å². The van der Waals surface area contributed by atoms with Crippen LogP contribution in [0.4, 0.5) is 22.0 Å². The maximum atomic E-state index is 14.1. The molecule has 2 atom stereocenters. The number of ether oxygens (including phenoxy) is 1. The first-order valence-corrected chi connectivity index (χ1v) is 8.51. The molecule has 1 aliphatic heterocycles. The number of hydrogen-bond acceptors (Lipinski definition) is 7. The van der Waals surface area contributed by atoms with Gasteiger partial charge in [-0.05, 0) is 31.0 Å². The first-order chi connectivity index (χ1) is 12.6. The molecule has 7 nitrogen and oxygen atoms in total. The monoisotopic (exact) mass is 358 g/mol. The highest BCUT2D eigenvalue weighted by molar-refractivity contribution is 5.81. The Bertz CT molecular complexity index is 784. The Kier molecular flexibility index (Phi) is 5.72. The number of methoxy groups -OCH3 is 1. The Morgan fingerprint density at radius 2 is 2.23 bits per heavy atom. The molecule has 0 aliphatic carbocycles. The topological polar surface area (TPSA) is 75.5 Å². The van der Waals surface area contributed by atoms with Gasteiger partial charge >= 0.3 is 0 Å². The third kappa shape index (κ3) is 4.13. The second kappa shape index (κ2) is 8.18. The molecular weight excluding hydrogens is 335 g/mol. The summed E-state index contributed by atoms with van der Waals surface area (Å²) in [7, 11) is 3.27. The van der Waals surface area contributed by atoms with Gasteiger partial charge in [0.05, 0.1) is 12.6 Å². The molecule has 1 N–H and O–H groups in total. The number of aliphatic imine (C=N–C) groups is 1. The van der Waals surface area contributed by atoms with E-state index in [2.05, 4.69) is 25.3 Å². The fourth-order valence-electron chi connectivity index (χ4n) is 2.94. The highest BCUT2D eigenvalue weighted by atomic mass is 19.1. The van der Waals surface area contributed by atoms with Crippen molar-refractivity contribution in [2.45, 2.75) is 25.6 Å². The van der Waals surface area contributed by atoms with Gasteiger partial charge in [0.2, 0.25) is 5.95 Å². The Morgan fingerprint density at radius 1 is 1.38 bits per heavy atom. The second-order valence-corrected chi connectivity index (χ2v) is 6.21. The Morgan fingerprint density at radius 3 is 2.92 bits per heavy atom. The fraction of sp³-hybridized carbons (Fsp3) is 0.444. The van der Waals surface area contributed by atoms with Crippen LogP contribution in [0, 0.1) is 6.92 Å². The lowest BCUT2D eigenvalue weighted by Crippen LogP contribution is -2.46. The summed E-state index contributed by atoms with van der Waals surface area (Å²) in [5, 5.41) is 3.17. The molecule has 1 fully saturated rings. The fourth-order valence-corrected chi connectivity index (χ4v) is 2.94. The molecule has 1 saturated heterocycles. The summed E-state index contributed by atoms with van der Waals surface area (Å²) >= 11 is 0. The van der Waals surface area contributed by atoms with Crippen molar-refractivity contribution in [2.24, 2.45) is 4.99 Å². The van der Waals surface area contributed by atoms with Gasteiger partial charge < -0.3 is 15.0 Å². The van der Waals surface area contributed by atoms with Crippen molar-refractivity contribution in [3.8, 4) is 0 Å². The highest BCUT2D eigenvalue weighted by Gasteiger charge is 2.30. The quantitative estimate of drug-likeness (QED) is 0.828. The zero-order chi connectivity index (χ0) is 18.5. The van der Waals surface area contributed by atoms with Gasteiger partial charge in [-0.2, -0.15) is 4.98 Å². The van der Waals surface area contributed by atoms with Crippen LogP contribution in [0.1, 0.15) is 17.5 Å². The number of anilines is 3. The Labute approximate surface area is 152 Å². The average molecular weight is 358 g/mol. The van der Waals surface area contributed by atoms with E-state index in [4.69, 9.17) is 4.74 Å². The lowest BCUT2D eigenvalue weighted by atomic mass is 10.1. The van der Waals surface area contributed by atoms with Crippen molar-refractivity contribution in [3.63, 3.8) is 0 Å². The molecule has 1 aliphatic rings. The summed E-state index contributed by atoms with van der Waals surface area (Å²) in [5.74, 6) is 1.80. The Hall–Kier alpha value is -2.61. The molecule has 2 aromatic rings. The normalized spacial score (nSPS) is 20.5. The molecule has 0 bridgehead atoms. The van der Waals surface area contributed by atoms with Crippen LogP contribution < -0.4 is 10.2 Å². The molecule has 0 radical (unpaired) electrons. The first kappa shape index (κ1) is 18.2. The average Bonchev–Trinajstić information content (AvgIpc) is 2.64. The summed E-state index contributed by atoms with van der Waals surface area (Å²) in [6.45, 7) is 2.88. The standard InChI is InChI=1S/C18H23FN6O/c1-12-8-17(22-10-13(12)9-20-2)23-16-4-6-21-18(24-16)25-7-5-15(26-3)14(19)11-25/h4,6,8-10,14-15H,5,7,11H2,1-3H3,(H,21,22,23,24). The van der Waals surface area contributed by atoms with Crippen molar-refractivity contribution >= 4 is 23.8 Å². The predicted octanol–water partition coefficient (Wildman–Crippen LogP) is 2.54. The third-order valence-electron chi connectivity index (χ3n) is 4.39. The van der Waals surface area contributed by atoms with Crippen molar-refractivity contribution in [2.75, 3.05) is 37.5 Å². The number of nitrogens with one attached hydrogen (secondary N) is 1. The van der Waals surface area contributed by atoms with E-state index >= 15 is 0 Å². The van der Waals surface area contributed by atoms with E-state index in [0.29, 0.717) is 30.5 Å². The van der Waals surface area contributed by atoms with E-state index in [9.17, 15) is 4.39 Å². The number of pyridine rings is 1. The minimum atomic E-state index is -1.05. The minimum absolute atomic E-state index is 0.227. The number of piperidine rings is 1. The van der Waals surface area contributed by atoms with Gasteiger partial charge in [0.15, 0.2) is 0 Å². The number of rotatable bonds is 5. The van der Waals surface area contributed by atoms with Gasteiger partial charge in [0, 0.05) is 44.9 Å². The van der Waals surface area contributed by atoms with Crippen molar-refractivity contribution in [1.82, 2.24) is 15.0 Å². The van der Waals surface area contributed by atoms with E-state index < -0.39 is 6.17 Å². The number of aryl methyl sites for hydroxylation is 1. The van der Waals surface area contributed by atoms with E-state index in [0.717, 1.165) is 11.1 Å². The number of halogens is 1. The summed E-state index contributed by atoms with van der Waals surface area (Å²) < 4.78 is 19.3. The SMILES string of the molecule is CN=Cc1cnc(Nc2ccnc(N3CCC(OC)C(F)C3)n2)cc1C. The summed E-state index contributed by atoms with van der Waals surface area (Å²) in [6, 6.07) is 3.69. The third-order valence-corrected chi connectivity index (χ3v) is 4.39. The van der Waals surface area contributed by atoms with Crippen LogP contribution in [0.15, 0.2) is 29.5 Å². The minimum Gasteiger partial charge on any atom is -0.378 e. The van der Waals surface area contributed by atoms with Crippen molar-refractivity contribution < 1.29 is 9.13 Å². The smallest absolute Gasteiger partial charge is 0.227 e. The maximum Gasteiger partial charge on any atom is 0.227 e. The van der Waals surface area contributed by atoms with Crippen LogP contribution in [0.2, 0.25) is 0 Å². The molecule has 0 aromatic carbocycles. The molecule has 8 heteroatoms. The van der Waals surface area contributed by atoms with Crippen LogP contribution in [-0.2, 0) is 4.74 Å². The molecule has 0 saturated carbocycles. The largest absolute Gasteiger partial charge is 0.378 e. The maximum absolute atomic E-state index is 14.1. The lowest BCUT2D eigenvalue weighted by molar-refractivity contribution is 0.0194. The lowest BCUT2D eigenvalue weighted by Gasteiger charge is -2.33. The van der Waals surface area contributed by atoms with Crippen LogP contribution in [0.25, 0.3) is 0 Å². The summed E-state index contributed by atoms with van der Waals surface area (Å²) in [6.07, 6.45) is 4.39. The molecular formula is C18H23FN6O. The number of nitrogens with zero attached hydrogens (tertiary/aromatic N) is 5. The molecule has 0 spiro atoms. The Balaban J connectivity index is 1.73. The molecule has 2 unspecified atom stereocenters. The van der Waals surface area contributed by atoms with Gasteiger partial charge in [0.25, 0.3) is 0 Å².